The van der Waals surface area contributed by atoms with Gasteiger partial charge in [-0.1, -0.05) is 218 Å². The van der Waals surface area contributed by atoms with Crippen molar-refractivity contribution in [2.45, 2.75) is 12.3 Å². The number of hydrogen-bond acceptors (Lipinski definition) is 0. The molecule has 1 nitrogen and oxygen atoms in total. The van der Waals surface area contributed by atoms with Gasteiger partial charge in [0.25, 0.3) is 0 Å². The quantitative estimate of drug-likeness (QED) is 0.111. The molecule has 0 fully saturated rings. The van der Waals surface area contributed by atoms with Crippen LogP contribution in [-0.4, -0.2) is 4.57 Å². The van der Waals surface area contributed by atoms with Crippen LogP contribution in [-0.2, 0) is 0 Å². The zero-order valence-corrected chi connectivity index (χ0v) is 39.1. The highest BCUT2D eigenvalue weighted by Gasteiger charge is 2.21. The Kier molecular flexibility index (Phi) is 9.74. The fourth-order valence-corrected chi connectivity index (χ4v) is 11.7. The number of benzene rings is 12. The van der Waals surface area contributed by atoms with Gasteiger partial charge in [-0.15, -0.1) is 0 Å². The first kappa shape index (κ1) is 41.0. The van der Waals surface area contributed by atoms with Crippen LogP contribution in [0.25, 0.3) is 126 Å². The fraction of sp³-hybridized carbons (Fsp3) is 0.0286. The van der Waals surface area contributed by atoms with Crippen molar-refractivity contribution in [3.63, 3.8) is 0 Å². The summed E-state index contributed by atoms with van der Waals surface area (Å²) in [5.74, 6) is 0.256. The zero-order valence-electron chi connectivity index (χ0n) is 39.1. The van der Waals surface area contributed by atoms with E-state index in [2.05, 4.69) is 272 Å². The molecule has 12 aromatic carbocycles. The predicted molar refractivity (Wildman–Crippen MR) is 304 cm³/mol. The summed E-state index contributed by atoms with van der Waals surface area (Å²) in [6.45, 7) is 0. The van der Waals surface area contributed by atoms with Crippen molar-refractivity contribution in [1.82, 2.24) is 4.57 Å². The molecule has 0 aliphatic heterocycles. The Labute approximate surface area is 413 Å². The van der Waals surface area contributed by atoms with Gasteiger partial charge in [0.2, 0.25) is 0 Å². The Hall–Kier alpha value is -9.04. The molecule has 1 aliphatic rings. The third-order valence-electron chi connectivity index (χ3n) is 15.1. The van der Waals surface area contributed by atoms with Gasteiger partial charge in [0.1, 0.15) is 0 Å². The lowest BCUT2D eigenvalue weighted by atomic mass is 9.89. The molecular formula is C70H47N. The second-order valence-electron chi connectivity index (χ2n) is 19.1. The van der Waals surface area contributed by atoms with Crippen LogP contribution in [0, 0.1) is 0 Å². The maximum absolute atomic E-state index is 2.52. The average Bonchev–Trinajstić information content (AvgIpc) is 3.90. The van der Waals surface area contributed by atoms with Crippen LogP contribution >= 0.6 is 0 Å². The number of fused-ring (bicyclic) bond motifs is 8. The van der Waals surface area contributed by atoms with E-state index in [0.29, 0.717) is 0 Å². The molecule has 0 amide bonds. The molecule has 14 rings (SSSR count). The Balaban J connectivity index is 0.949. The second-order valence-corrected chi connectivity index (χ2v) is 19.1. The summed E-state index contributed by atoms with van der Waals surface area (Å²) in [5.41, 5.74) is 14.6. The van der Waals surface area contributed by atoms with Crippen molar-refractivity contribution in [2.75, 3.05) is 0 Å². The summed E-state index contributed by atoms with van der Waals surface area (Å²) >= 11 is 0. The van der Waals surface area contributed by atoms with E-state index in [4.69, 9.17) is 0 Å². The first-order valence-corrected chi connectivity index (χ1v) is 24.8. The standard InChI is InChI=1S/C70H47N/c1-3-16-50(17-4-1)69-38-39-70(51-18-5-2-6-19-51)71(69)56-40-55-44-66-54(22-15-29-57(66)46-30-32-47(33-31-46)64-41-52-20-7-9-23-58(52)60-25-11-13-27-62(60)64)43-67(55)68(45-56)49-36-34-48(35-37-49)65-42-53-21-8-10-24-59(53)61-26-12-14-28-63(61)65/h1-18,20-45,51H,19H2. The third kappa shape index (κ3) is 7.00. The van der Waals surface area contributed by atoms with Crippen LogP contribution in [0.15, 0.2) is 267 Å². The first-order valence-electron chi connectivity index (χ1n) is 24.8. The van der Waals surface area contributed by atoms with Gasteiger partial charge in [-0.05, 0) is 170 Å². The van der Waals surface area contributed by atoms with Crippen LogP contribution in [0.2, 0.25) is 0 Å². The highest BCUT2D eigenvalue weighted by Crippen LogP contribution is 2.43. The molecule has 1 unspecified atom stereocenters. The van der Waals surface area contributed by atoms with E-state index in [1.807, 2.05) is 0 Å². The van der Waals surface area contributed by atoms with Crippen LogP contribution in [0.4, 0.5) is 0 Å². The zero-order chi connectivity index (χ0) is 46.8. The van der Waals surface area contributed by atoms with Gasteiger partial charge in [-0.2, -0.15) is 0 Å². The molecule has 1 heteroatoms. The molecule has 0 saturated carbocycles. The minimum Gasteiger partial charge on any atom is -0.313 e. The monoisotopic (exact) mass is 901 g/mol. The summed E-state index contributed by atoms with van der Waals surface area (Å²) < 4.78 is 2.52. The molecule has 0 radical (unpaired) electrons. The molecule has 1 aliphatic carbocycles. The van der Waals surface area contributed by atoms with Crippen molar-refractivity contribution in [3.8, 4) is 61.5 Å². The number of allylic oxidation sites excluding steroid dienone is 4. The maximum atomic E-state index is 2.52. The van der Waals surface area contributed by atoms with Gasteiger partial charge in [0, 0.05) is 17.3 Å². The second kappa shape index (κ2) is 16.9. The van der Waals surface area contributed by atoms with E-state index < -0.39 is 0 Å². The topological polar surface area (TPSA) is 4.93 Å². The normalized spacial score (nSPS) is 13.6. The van der Waals surface area contributed by atoms with Crippen LogP contribution in [0.1, 0.15) is 18.0 Å². The van der Waals surface area contributed by atoms with Crippen molar-refractivity contribution in [2.24, 2.45) is 0 Å². The smallest absolute Gasteiger partial charge is 0.0531 e. The molecule has 13 aromatic rings. The molecule has 1 atom stereocenters. The summed E-state index contributed by atoms with van der Waals surface area (Å²) in [4.78, 5) is 0. The Morgan fingerprint density at radius 2 is 0.775 bits per heavy atom. The molecule has 0 spiro atoms. The molecular weight excluding hydrogens is 855 g/mol. The number of nitrogens with zero attached hydrogens (tertiary/aromatic N) is 1. The highest BCUT2D eigenvalue weighted by molar-refractivity contribution is 6.16. The Morgan fingerprint density at radius 1 is 0.296 bits per heavy atom. The van der Waals surface area contributed by atoms with Gasteiger partial charge in [-0.3, -0.25) is 0 Å². The van der Waals surface area contributed by atoms with Gasteiger partial charge < -0.3 is 4.57 Å². The SMILES string of the molecule is C1=CCC(c2ccc(-c3ccccc3)n2-c2cc(-c3ccc(-c4cc5ccccc5c5ccccc45)cc3)c3cc4cccc(-c5ccc(-c6cc7ccccc7c7ccccc67)cc5)c4cc3c2)C=C1. The third-order valence-corrected chi connectivity index (χ3v) is 15.1. The van der Waals surface area contributed by atoms with E-state index in [-0.39, 0.29) is 5.92 Å². The lowest BCUT2D eigenvalue weighted by molar-refractivity contribution is 0.787. The lowest BCUT2D eigenvalue weighted by Gasteiger charge is -2.22. The molecule has 0 saturated heterocycles. The largest absolute Gasteiger partial charge is 0.313 e. The summed E-state index contributed by atoms with van der Waals surface area (Å²) in [6.07, 6.45) is 9.97. The van der Waals surface area contributed by atoms with Gasteiger partial charge >= 0.3 is 0 Å². The van der Waals surface area contributed by atoms with Crippen molar-refractivity contribution >= 4 is 64.6 Å². The summed E-state index contributed by atoms with van der Waals surface area (Å²) in [5, 5.41) is 15.1. The number of rotatable bonds is 7. The number of aromatic nitrogens is 1. The van der Waals surface area contributed by atoms with Crippen molar-refractivity contribution < 1.29 is 0 Å². The molecule has 1 aromatic heterocycles. The summed E-state index contributed by atoms with van der Waals surface area (Å²) in [7, 11) is 0. The van der Waals surface area contributed by atoms with Gasteiger partial charge in [-0.25, -0.2) is 0 Å². The van der Waals surface area contributed by atoms with Crippen molar-refractivity contribution in [1.29, 1.82) is 0 Å². The molecule has 1 heterocycles. The van der Waals surface area contributed by atoms with E-state index in [0.717, 1.165) is 12.1 Å². The van der Waals surface area contributed by atoms with E-state index in [9.17, 15) is 0 Å². The van der Waals surface area contributed by atoms with Crippen LogP contribution in [0.5, 0.6) is 0 Å². The predicted octanol–water partition coefficient (Wildman–Crippen LogP) is 19.3. The lowest BCUT2D eigenvalue weighted by Crippen LogP contribution is -2.07. The maximum Gasteiger partial charge on any atom is 0.0531 e. The van der Waals surface area contributed by atoms with E-state index in [1.165, 1.54) is 126 Å². The first-order chi connectivity index (χ1) is 35.2. The highest BCUT2D eigenvalue weighted by atomic mass is 15.0. The van der Waals surface area contributed by atoms with Crippen LogP contribution < -0.4 is 0 Å². The van der Waals surface area contributed by atoms with Gasteiger partial charge in [0.05, 0.1) is 5.69 Å². The van der Waals surface area contributed by atoms with E-state index >= 15 is 0 Å². The van der Waals surface area contributed by atoms with E-state index in [1.54, 1.807) is 0 Å². The van der Waals surface area contributed by atoms with Crippen molar-refractivity contribution in [3.05, 3.63) is 273 Å². The molecule has 0 N–H and O–H groups in total. The average molecular weight is 902 g/mol. The summed E-state index contributed by atoms with van der Waals surface area (Å²) in [6, 6.07) is 90.4. The number of hydrogen-bond donors (Lipinski definition) is 0. The fourth-order valence-electron chi connectivity index (χ4n) is 11.7. The molecule has 0 bridgehead atoms. The van der Waals surface area contributed by atoms with Gasteiger partial charge in [0.15, 0.2) is 0 Å². The minimum absolute atomic E-state index is 0.256. The Morgan fingerprint density at radius 3 is 1.37 bits per heavy atom. The van der Waals surface area contributed by atoms with Crippen LogP contribution in [0.3, 0.4) is 0 Å². The Bertz CT molecular complexity index is 4280. The molecule has 332 valence electrons. The molecule has 71 heavy (non-hydrogen) atoms. The minimum atomic E-state index is 0.256.